The van der Waals surface area contributed by atoms with Gasteiger partial charge in [-0.25, -0.2) is 14.2 Å². The fourth-order valence-electron chi connectivity index (χ4n) is 1.50. The molecule has 1 heterocycles. The van der Waals surface area contributed by atoms with E-state index in [1.165, 1.54) is 30.5 Å². The van der Waals surface area contributed by atoms with E-state index < -0.39 is 5.97 Å². The molecule has 0 aliphatic carbocycles. The van der Waals surface area contributed by atoms with Crippen molar-refractivity contribution in [2.45, 2.75) is 6.92 Å². The smallest absolute Gasteiger partial charge is 0.358 e. The quantitative estimate of drug-likeness (QED) is 0.932. The van der Waals surface area contributed by atoms with Crippen molar-refractivity contribution in [2.75, 3.05) is 0 Å². The second-order valence-electron chi connectivity index (χ2n) is 3.82. The van der Waals surface area contributed by atoms with Crippen molar-refractivity contribution < 1.29 is 19.0 Å². The second-order valence-corrected chi connectivity index (χ2v) is 4.73. The third-order valence-electron chi connectivity index (χ3n) is 2.38. The summed E-state index contributed by atoms with van der Waals surface area (Å²) >= 11 is 3.19. The number of benzene rings is 1. The molecule has 0 atom stereocenters. The number of nitrogens with zero attached hydrogens (tertiary/aromatic N) is 1. The van der Waals surface area contributed by atoms with Gasteiger partial charge in [0, 0.05) is 10.7 Å². The summed E-state index contributed by atoms with van der Waals surface area (Å²) < 4.78 is 19.1. The lowest BCUT2D eigenvalue weighted by molar-refractivity contribution is 0.0687. The minimum Gasteiger partial charge on any atom is -0.476 e. The van der Waals surface area contributed by atoms with Crippen molar-refractivity contribution in [3.05, 3.63) is 52.0 Å². The van der Waals surface area contributed by atoms with Crippen molar-refractivity contribution in [2.24, 2.45) is 0 Å². The zero-order valence-corrected chi connectivity index (χ0v) is 11.4. The SMILES string of the molecule is Cc1cc(F)ccc1Oc1cc(Br)cnc1C(=O)O. The molecular weight excluding hydrogens is 317 g/mol. The lowest BCUT2D eigenvalue weighted by Crippen LogP contribution is -2.03. The zero-order valence-electron chi connectivity index (χ0n) is 9.85. The monoisotopic (exact) mass is 325 g/mol. The topological polar surface area (TPSA) is 59.4 Å². The molecule has 0 saturated heterocycles. The minimum atomic E-state index is -1.19. The largest absolute Gasteiger partial charge is 0.476 e. The van der Waals surface area contributed by atoms with Gasteiger partial charge in [0.2, 0.25) is 0 Å². The average Bonchev–Trinajstić information content (AvgIpc) is 2.32. The van der Waals surface area contributed by atoms with Gasteiger partial charge >= 0.3 is 5.97 Å². The van der Waals surface area contributed by atoms with Crippen LogP contribution >= 0.6 is 15.9 Å². The van der Waals surface area contributed by atoms with Gasteiger partial charge in [-0.1, -0.05) is 0 Å². The van der Waals surface area contributed by atoms with E-state index in [1.807, 2.05) is 0 Å². The molecule has 0 radical (unpaired) electrons. The molecule has 4 nitrogen and oxygen atoms in total. The van der Waals surface area contributed by atoms with Crippen molar-refractivity contribution >= 4 is 21.9 Å². The first-order chi connectivity index (χ1) is 8.97. The summed E-state index contributed by atoms with van der Waals surface area (Å²) in [6.07, 6.45) is 1.37. The number of rotatable bonds is 3. The maximum atomic E-state index is 13.0. The van der Waals surface area contributed by atoms with Crippen LogP contribution in [-0.4, -0.2) is 16.1 Å². The van der Waals surface area contributed by atoms with Gasteiger partial charge in [0.1, 0.15) is 11.6 Å². The van der Waals surface area contributed by atoms with E-state index in [1.54, 1.807) is 6.92 Å². The first kappa shape index (κ1) is 13.5. The van der Waals surface area contributed by atoms with Crippen LogP contribution in [0.25, 0.3) is 0 Å². The van der Waals surface area contributed by atoms with E-state index in [0.717, 1.165) is 0 Å². The van der Waals surface area contributed by atoms with Crippen molar-refractivity contribution in [1.29, 1.82) is 0 Å². The number of pyridine rings is 1. The fraction of sp³-hybridized carbons (Fsp3) is 0.0769. The molecule has 98 valence electrons. The van der Waals surface area contributed by atoms with E-state index in [-0.39, 0.29) is 17.3 Å². The molecule has 6 heteroatoms. The van der Waals surface area contributed by atoms with Gasteiger partial charge < -0.3 is 9.84 Å². The number of carboxylic acids is 1. The first-order valence-electron chi connectivity index (χ1n) is 5.30. The third-order valence-corrected chi connectivity index (χ3v) is 2.81. The Kier molecular flexibility index (Phi) is 3.80. The van der Waals surface area contributed by atoms with Gasteiger partial charge in [-0.3, -0.25) is 0 Å². The summed E-state index contributed by atoms with van der Waals surface area (Å²) in [5.41, 5.74) is 0.364. The maximum Gasteiger partial charge on any atom is 0.358 e. The first-order valence-corrected chi connectivity index (χ1v) is 6.09. The lowest BCUT2D eigenvalue weighted by atomic mass is 10.2. The summed E-state index contributed by atoms with van der Waals surface area (Å²) in [4.78, 5) is 14.8. The van der Waals surface area contributed by atoms with Crippen LogP contribution in [0.5, 0.6) is 11.5 Å². The molecular formula is C13H9BrFNO3. The van der Waals surface area contributed by atoms with Gasteiger partial charge in [0.25, 0.3) is 0 Å². The standard InChI is InChI=1S/C13H9BrFNO3/c1-7-4-9(15)2-3-10(7)19-11-5-8(14)6-16-12(11)13(17)18/h2-6H,1H3,(H,17,18). The predicted octanol–water partition coefficient (Wildman–Crippen LogP) is 3.78. The molecule has 0 aliphatic rings. The van der Waals surface area contributed by atoms with E-state index in [0.29, 0.717) is 15.8 Å². The summed E-state index contributed by atoms with van der Waals surface area (Å²) in [6.45, 7) is 1.67. The van der Waals surface area contributed by atoms with Crippen molar-refractivity contribution in [3.63, 3.8) is 0 Å². The van der Waals surface area contributed by atoms with Crippen LogP contribution in [0.2, 0.25) is 0 Å². The molecule has 0 aliphatic heterocycles. The Labute approximate surface area is 117 Å². The number of aryl methyl sites for hydroxylation is 1. The number of hydrogen-bond donors (Lipinski definition) is 1. The van der Waals surface area contributed by atoms with Crippen LogP contribution in [0.3, 0.4) is 0 Å². The van der Waals surface area contributed by atoms with E-state index >= 15 is 0 Å². The number of aromatic carboxylic acids is 1. The molecule has 0 fully saturated rings. The van der Waals surface area contributed by atoms with Crippen molar-refractivity contribution in [1.82, 2.24) is 4.98 Å². The zero-order chi connectivity index (χ0) is 14.0. The van der Waals surface area contributed by atoms with Crippen LogP contribution < -0.4 is 4.74 Å². The van der Waals surface area contributed by atoms with Crippen LogP contribution in [0.1, 0.15) is 16.1 Å². The summed E-state index contributed by atoms with van der Waals surface area (Å²) in [5.74, 6) is -1.10. The van der Waals surface area contributed by atoms with E-state index in [4.69, 9.17) is 9.84 Å². The molecule has 0 saturated carbocycles. The molecule has 0 amide bonds. The number of carbonyl (C=O) groups is 1. The highest BCUT2D eigenvalue weighted by molar-refractivity contribution is 9.10. The van der Waals surface area contributed by atoms with Crippen LogP contribution in [-0.2, 0) is 0 Å². The number of halogens is 2. The number of hydrogen-bond acceptors (Lipinski definition) is 3. The Morgan fingerprint density at radius 2 is 2.11 bits per heavy atom. The van der Waals surface area contributed by atoms with Crippen LogP contribution in [0.4, 0.5) is 4.39 Å². The Hall–Kier alpha value is -1.95. The highest BCUT2D eigenvalue weighted by atomic mass is 79.9. The summed E-state index contributed by atoms with van der Waals surface area (Å²) in [7, 11) is 0. The average molecular weight is 326 g/mol. The maximum absolute atomic E-state index is 13.0. The Bertz CT molecular complexity index is 646. The van der Waals surface area contributed by atoms with Gasteiger partial charge in [0.15, 0.2) is 11.4 Å². The normalized spacial score (nSPS) is 10.3. The lowest BCUT2D eigenvalue weighted by Gasteiger charge is -2.10. The van der Waals surface area contributed by atoms with Crippen LogP contribution in [0, 0.1) is 12.7 Å². The van der Waals surface area contributed by atoms with Gasteiger partial charge in [-0.2, -0.15) is 0 Å². The number of aromatic nitrogens is 1. The fourth-order valence-corrected chi connectivity index (χ4v) is 1.82. The molecule has 1 N–H and O–H groups in total. The van der Waals surface area contributed by atoms with Crippen molar-refractivity contribution in [3.8, 4) is 11.5 Å². The molecule has 19 heavy (non-hydrogen) atoms. The summed E-state index contributed by atoms with van der Waals surface area (Å²) in [6, 6.07) is 5.49. The second kappa shape index (κ2) is 5.36. The highest BCUT2D eigenvalue weighted by Crippen LogP contribution is 2.29. The molecule has 2 rings (SSSR count). The molecule has 1 aromatic heterocycles. The van der Waals surface area contributed by atoms with Gasteiger partial charge in [-0.15, -0.1) is 0 Å². The number of carboxylic acid groups (broad SMARTS) is 1. The minimum absolute atomic E-state index is 0.0941. The predicted molar refractivity (Wildman–Crippen MR) is 70.1 cm³/mol. The molecule has 1 aromatic carbocycles. The third kappa shape index (κ3) is 3.08. The van der Waals surface area contributed by atoms with E-state index in [2.05, 4.69) is 20.9 Å². The molecule has 2 aromatic rings. The number of ether oxygens (including phenoxy) is 1. The van der Waals surface area contributed by atoms with Crippen LogP contribution in [0.15, 0.2) is 34.9 Å². The summed E-state index contributed by atoms with van der Waals surface area (Å²) in [5, 5.41) is 9.03. The molecule has 0 spiro atoms. The van der Waals surface area contributed by atoms with Gasteiger partial charge in [-0.05, 0) is 52.7 Å². The Balaban J connectivity index is 2.42. The Morgan fingerprint density at radius 1 is 1.37 bits per heavy atom. The molecule has 0 unspecified atom stereocenters. The van der Waals surface area contributed by atoms with Gasteiger partial charge in [0.05, 0.1) is 0 Å². The Morgan fingerprint density at radius 3 is 2.74 bits per heavy atom. The van der Waals surface area contributed by atoms with E-state index in [9.17, 15) is 9.18 Å². The highest BCUT2D eigenvalue weighted by Gasteiger charge is 2.15. The molecule has 0 bridgehead atoms.